The van der Waals surface area contributed by atoms with E-state index in [1.807, 2.05) is 23.1 Å². The van der Waals surface area contributed by atoms with E-state index in [1.165, 1.54) is 0 Å². The van der Waals surface area contributed by atoms with E-state index in [9.17, 15) is 9.59 Å². The van der Waals surface area contributed by atoms with Gasteiger partial charge < -0.3 is 19.3 Å². The second-order valence-electron chi connectivity index (χ2n) is 6.58. The summed E-state index contributed by atoms with van der Waals surface area (Å²) in [4.78, 5) is 27.9. The number of hydrogen-bond acceptors (Lipinski definition) is 4. The molecule has 0 spiro atoms. The van der Waals surface area contributed by atoms with E-state index in [1.54, 1.807) is 33.2 Å². The van der Waals surface area contributed by atoms with Crippen LogP contribution in [0.15, 0.2) is 18.2 Å². The van der Waals surface area contributed by atoms with E-state index in [0.29, 0.717) is 37.4 Å². The van der Waals surface area contributed by atoms with Crippen molar-refractivity contribution in [1.29, 1.82) is 0 Å². The lowest BCUT2D eigenvalue weighted by Crippen LogP contribution is -2.42. The van der Waals surface area contributed by atoms with E-state index in [-0.39, 0.29) is 17.7 Å². The molecule has 1 aromatic carbocycles. The summed E-state index contributed by atoms with van der Waals surface area (Å²) in [6.07, 6.45) is 2.62. The number of amides is 2. The number of hydrogen-bond donors (Lipinski definition) is 0. The fraction of sp³-hybridized carbons (Fsp3) is 0.579. The highest BCUT2D eigenvalue weighted by atomic mass is 16.5. The van der Waals surface area contributed by atoms with Crippen molar-refractivity contribution in [2.75, 3.05) is 41.4 Å². The number of likely N-dealkylation sites (tertiary alicyclic amines) is 1. The van der Waals surface area contributed by atoms with Gasteiger partial charge in [-0.1, -0.05) is 6.07 Å². The van der Waals surface area contributed by atoms with Gasteiger partial charge in [0.2, 0.25) is 11.8 Å². The lowest BCUT2D eigenvalue weighted by Gasteiger charge is -2.32. The van der Waals surface area contributed by atoms with Crippen molar-refractivity contribution in [3.05, 3.63) is 23.8 Å². The minimum Gasteiger partial charge on any atom is -0.493 e. The first kappa shape index (κ1) is 19.1. The van der Waals surface area contributed by atoms with Crippen molar-refractivity contribution < 1.29 is 19.1 Å². The van der Waals surface area contributed by atoms with Crippen LogP contribution in [0.25, 0.3) is 0 Å². The molecular weight excluding hydrogens is 320 g/mol. The van der Waals surface area contributed by atoms with Crippen LogP contribution in [0.5, 0.6) is 11.5 Å². The second kappa shape index (κ2) is 8.74. The minimum atomic E-state index is 0.0462. The number of piperidine rings is 1. The maximum atomic E-state index is 12.4. The average Bonchev–Trinajstić information content (AvgIpc) is 2.65. The Morgan fingerprint density at radius 3 is 2.32 bits per heavy atom. The Kier molecular flexibility index (Phi) is 6.67. The molecule has 6 heteroatoms. The summed E-state index contributed by atoms with van der Waals surface area (Å²) < 4.78 is 10.5. The standard InChI is InChI=1S/C19H28N2O4/c1-20(2)19(23)15-9-11-21(12-10-15)18(22)8-6-14-5-7-16(24-3)17(13-14)25-4/h5,7,13,15H,6,8-12H2,1-4H3. The van der Waals surface area contributed by atoms with E-state index >= 15 is 0 Å². The quantitative estimate of drug-likeness (QED) is 0.789. The fourth-order valence-corrected chi connectivity index (χ4v) is 3.19. The molecule has 1 aliphatic rings. The summed E-state index contributed by atoms with van der Waals surface area (Å²) in [6, 6.07) is 5.72. The molecule has 0 aliphatic carbocycles. The molecule has 1 aliphatic heterocycles. The molecule has 1 fully saturated rings. The Hall–Kier alpha value is -2.24. The molecule has 0 atom stereocenters. The predicted molar refractivity (Wildman–Crippen MR) is 95.9 cm³/mol. The molecular formula is C19H28N2O4. The number of carbonyl (C=O) groups is 2. The molecule has 1 aromatic rings. The molecule has 0 aromatic heterocycles. The normalized spacial score (nSPS) is 15.0. The van der Waals surface area contributed by atoms with Crippen LogP contribution in [0.3, 0.4) is 0 Å². The zero-order chi connectivity index (χ0) is 18.4. The first-order chi connectivity index (χ1) is 12.0. The lowest BCUT2D eigenvalue weighted by molar-refractivity contribution is -0.139. The Bertz CT molecular complexity index is 607. The van der Waals surface area contributed by atoms with Crippen LogP contribution >= 0.6 is 0 Å². The monoisotopic (exact) mass is 348 g/mol. The van der Waals surface area contributed by atoms with E-state index in [0.717, 1.165) is 18.4 Å². The highest BCUT2D eigenvalue weighted by Gasteiger charge is 2.27. The predicted octanol–water partition coefficient (Wildman–Crippen LogP) is 1.96. The zero-order valence-corrected chi connectivity index (χ0v) is 15.6. The maximum Gasteiger partial charge on any atom is 0.225 e. The molecule has 0 radical (unpaired) electrons. The molecule has 1 heterocycles. The highest BCUT2D eigenvalue weighted by Crippen LogP contribution is 2.28. The third kappa shape index (κ3) is 4.87. The van der Waals surface area contributed by atoms with Gasteiger partial charge in [0.05, 0.1) is 14.2 Å². The smallest absolute Gasteiger partial charge is 0.225 e. The molecule has 0 saturated carbocycles. The Morgan fingerprint density at radius 2 is 1.76 bits per heavy atom. The molecule has 0 unspecified atom stereocenters. The Morgan fingerprint density at radius 1 is 1.12 bits per heavy atom. The maximum absolute atomic E-state index is 12.4. The largest absolute Gasteiger partial charge is 0.493 e. The average molecular weight is 348 g/mol. The van der Waals surface area contributed by atoms with Crippen molar-refractivity contribution in [3.63, 3.8) is 0 Å². The Balaban J connectivity index is 1.84. The van der Waals surface area contributed by atoms with Crippen LogP contribution in [-0.4, -0.2) is 63.0 Å². The molecule has 0 N–H and O–H groups in total. The van der Waals surface area contributed by atoms with Gasteiger partial charge in [0.15, 0.2) is 11.5 Å². The number of aryl methyl sites for hydroxylation is 1. The molecule has 138 valence electrons. The van der Waals surface area contributed by atoms with Crippen molar-refractivity contribution >= 4 is 11.8 Å². The third-order valence-corrected chi connectivity index (χ3v) is 4.71. The van der Waals surface area contributed by atoms with Crippen LogP contribution in [0.2, 0.25) is 0 Å². The molecule has 25 heavy (non-hydrogen) atoms. The first-order valence-corrected chi connectivity index (χ1v) is 8.66. The summed E-state index contributed by atoms with van der Waals surface area (Å²) in [5, 5.41) is 0. The number of methoxy groups -OCH3 is 2. The summed E-state index contributed by atoms with van der Waals surface area (Å²) in [6.45, 7) is 1.32. The molecule has 1 saturated heterocycles. The van der Waals surface area contributed by atoms with Crippen LogP contribution in [0, 0.1) is 5.92 Å². The summed E-state index contributed by atoms with van der Waals surface area (Å²) in [7, 11) is 6.77. The van der Waals surface area contributed by atoms with Crippen molar-refractivity contribution in [2.45, 2.75) is 25.7 Å². The van der Waals surface area contributed by atoms with Gasteiger partial charge >= 0.3 is 0 Å². The first-order valence-electron chi connectivity index (χ1n) is 8.66. The van der Waals surface area contributed by atoms with Crippen LogP contribution < -0.4 is 9.47 Å². The van der Waals surface area contributed by atoms with E-state index in [4.69, 9.17) is 9.47 Å². The number of rotatable bonds is 6. The minimum absolute atomic E-state index is 0.0462. The summed E-state index contributed by atoms with van der Waals surface area (Å²) in [5.41, 5.74) is 1.05. The van der Waals surface area contributed by atoms with Crippen LogP contribution in [0.1, 0.15) is 24.8 Å². The highest BCUT2D eigenvalue weighted by molar-refractivity contribution is 5.80. The molecule has 6 nitrogen and oxygen atoms in total. The van der Waals surface area contributed by atoms with Gasteiger partial charge in [0.1, 0.15) is 0 Å². The van der Waals surface area contributed by atoms with Crippen molar-refractivity contribution in [1.82, 2.24) is 9.80 Å². The fourth-order valence-electron chi connectivity index (χ4n) is 3.19. The van der Waals surface area contributed by atoms with Crippen molar-refractivity contribution in [3.8, 4) is 11.5 Å². The zero-order valence-electron chi connectivity index (χ0n) is 15.6. The van der Waals surface area contributed by atoms with Gasteiger partial charge in [-0.05, 0) is 37.0 Å². The second-order valence-corrected chi connectivity index (χ2v) is 6.58. The van der Waals surface area contributed by atoms with Gasteiger partial charge in [-0.2, -0.15) is 0 Å². The van der Waals surface area contributed by atoms with Crippen LogP contribution in [-0.2, 0) is 16.0 Å². The van der Waals surface area contributed by atoms with Gasteiger partial charge in [-0.3, -0.25) is 9.59 Å². The Labute approximate surface area is 149 Å². The van der Waals surface area contributed by atoms with Gasteiger partial charge in [-0.25, -0.2) is 0 Å². The van der Waals surface area contributed by atoms with Crippen LogP contribution in [0.4, 0.5) is 0 Å². The van der Waals surface area contributed by atoms with Gasteiger partial charge in [-0.15, -0.1) is 0 Å². The topological polar surface area (TPSA) is 59.1 Å². The third-order valence-electron chi connectivity index (χ3n) is 4.71. The number of carbonyl (C=O) groups excluding carboxylic acids is 2. The van der Waals surface area contributed by atoms with E-state index in [2.05, 4.69) is 0 Å². The lowest BCUT2D eigenvalue weighted by atomic mass is 9.95. The summed E-state index contributed by atoms with van der Waals surface area (Å²) >= 11 is 0. The number of ether oxygens (including phenoxy) is 2. The SMILES string of the molecule is COc1ccc(CCC(=O)N2CCC(C(=O)N(C)C)CC2)cc1OC. The van der Waals surface area contributed by atoms with Gasteiger partial charge in [0, 0.05) is 39.5 Å². The number of benzene rings is 1. The molecule has 0 bridgehead atoms. The summed E-state index contributed by atoms with van der Waals surface area (Å²) in [5.74, 6) is 1.72. The molecule has 2 amide bonds. The van der Waals surface area contributed by atoms with Crippen molar-refractivity contribution in [2.24, 2.45) is 5.92 Å². The van der Waals surface area contributed by atoms with Gasteiger partial charge in [0.25, 0.3) is 0 Å². The molecule has 2 rings (SSSR count). The van der Waals surface area contributed by atoms with E-state index < -0.39 is 0 Å². The number of nitrogens with zero attached hydrogens (tertiary/aromatic N) is 2.